The number of aryl methyl sites for hydroxylation is 1. The third-order valence-corrected chi connectivity index (χ3v) is 5.75. The van der Waals surface area contributed by atoms with Crippen LogP contribution in [0.15, 0.2) is 78.9 Å². The first-order valence-electron chi connectivity index (χ1n) is 10.8. The summed E-state index contributed by atoms with van der Waals surface area (Å²) in [6, 6.07) is 26.5. The van der Waals surface area contributed by atoms with Crippen molar-refractivity contribution >= 4 is 5.91 Å². The van der Waals surface area contributed by atoms with Crippen LogP contribution in [0, 0.1) is 0 Å². The second-order valence-electron chi connectivity index (χ2n) is 8.03. The van der Waals surface area contributed by atoms with Gasteiger partial charge in [-0.3, -0.25) is 4.79 Å². The average molecular weight is 400 g/mol. The Balaban J connectivity index is 1.53. The van der Waals surface area contributed by atoms with Crippen molar-refractivity contribution < 1.29 is 9.53 Å². The Hall–Kier alpha value is -3.07. The SMILES string of the molecule is CC(Oc1cccc2c1CCCC2)C(=O)N(Cc1ccccc1)Cc1ccccc1. The van der Waals surface area contributed by atoms with Crippen molar-refractivity contribution in [1.82, 2.24) is 4.90 Å². The maximum Gasteiger partial charge on any atom is 0.263 e. The zero-order valence-corrected chi connectivity index (χ0v) is 17.6. The third-order valence-electron chi connectivity index (χ3n) is 5.75. The molecule has 1 aliphatic rings. The first-order valence-corrected chi connectivity index (χ1v) is 10.8. The monoisotopic (exact) mass is 399 g/mol. The fourth-order valence-electron chi connectivity index (χ4n) is 4.17. The molecule has 0 spiro atoms. The van der Waals surface area contributed by atoms with Crippen LogP contribution in [0.1, 0.15) is 42.0 Å². The summed E-state index contributed by atoms with van der Waals surface area (Å²) in [5.74, 6) is 0.878. The quantitative estimate of drug-likeness (QED) is 0.520. The molecule has 0 aromatic heterocycles. The first-order chi connectivity index (χ1) is 14.7. The van der Waals surface area contributed by atoms with Gasteiger partial charge in [0.2, 0.25) is 0 Å². The van der Waals surface area contributed by atoms with Crippen molar-refractivity contribution in [2.75, 3.05) is 0 Å². The number of nitrogens with zero attached hydrogens (tertiary/aromatic N) is 1. The van der Waals surface area contributed by atoms with E-state index in [2.05, 4.69) is 30.3 Å². The van der Waals surface area contributed by atoms with Crippen LogP contribution in [0.3, 0.4) is 0 Å². The highest BCUT2D eigenvalue weighted by Gasteiger charge is 2.24. The second-order valence-corrected chi connectivity index (χ2v) is 8.03. The van der Waals surface area contributed by atoms with Gasteiger partial charge in [-0.15, -0.1) is 0 Å². The summed E-state index contributed by atoms with van der Waals surface area (Å²) in [4.78, 5) is 15.3. The number of benzene rings is 3. The normalized spacial score (nSPS) is 13.9. The number of carbonyl (C=O) groups excluding carboxylic acids is 1. The molecule has 0 fully saturated rings. The first kappa shape index (κ1) is 20.2. The van der Waals surface area contributed by atoms with E-state index in [9.17, 15) is 4.79 Å². The number of rotatable bonds is 7. The summed E-state index contributed by atoms with van der Waals surface area (Å²) >= 11 is 0. The molecule has 0 radical (unpaired) electrons. The minimum Gasteiger partial charge on any atom is -0.481 e. The van der Waals surface area contributed by atoms with Gasteiger partial charge in [-0.1, -0.05) is 72.8 Å². The lowest BCUT2D eigenvalue weighted by atomic mass is 9.91. The molecule has 30 heavy (non-hydrogen) atoms. The highest BCUT2D eigenvalue weighted by atomic mass is 16.5. The van der Waals surface area contributed by atoms with Gasteiger partial charge >= 0.3 is 0 Å². The molecule has 0 N–H and O–H groups in total. The van der Waals surface area contributed by atoms with Gasteiger partial charge in [0.15, 0.2) is 6.10 Å². The van der Waals surface area contributed by atoms with Crippen LogP contribution in [-0.2, 0) is 30.7 Å². The molecule has 1 unspecified atom stereocenters. The van der Waals surface area contributed by atoms with Gasteiger partial charge in [0.1, 0.15) is 5.75 Å². The van der Waals surface area contributed by atoms with Crippen molar-refractivity contribution in [1.29, 1.82) is 0 Å². The number of fused-ring (bicyclic) bond motifs is 1. The minimum absolute atomic E-state index is 0.0103. The van der Waals surface area contributed by atoms with Gasteiger partial charge in [0.05, 0.1) is 0 Å². The lowest BCUT2D eigenvalue weighted by Crippen LogP contribution is -2.39. The molecule has 0 heterocycles. The van der Waals surface area contributed by atoms with E-state index < -0.39 is 6.10 Å². The molecule has 4 rings (SSSR count). The number of ether oxygens (including phenoxy) is 1. The molecule has 154 valence electrons. The Morgan fingerprint density at radius 3 is 2.07 bits per heavy atom. The largest absolute Gasteiger partial charge is 0.481 e. The Morgan fingerprint density at radius 1 is 0.833 bits per heavy atom. The van der Waals surface area contributed by atoms with E-state index in [0.717, 1.165) is 29.7 Å². The Bertz CT molecular complexity index is 927. The molecular weight excluding hydrogens is 370 g/mol. The highest BCUT2D eigenvalue weighted by Crippen LogP contribution is 2.30. The van der Waals surface area contributed by atoms with Crippen molar-refractivity contribution in [3.05, 3.63) is 101 Å². The summed E-state index contributed by atoms with van der Waals surface area (Å²) < 4.78 is 6.24. The molecule has 1 amide bonds. The van der Waals surface area contributed by atoms with Crippen LogP contribution in [0.25, 0.3) is 0 Å². The fraction of sp³-hybridized carbons (Fsp3) is 0.296. The maximum absolute atomic E-state index is 13.4. The zero-order chi connectivity index (χ0) is 20.8. The lowest BCUT2D eigenvalue weighted by Gasteiger charge is -2.28. The summed E-state index contributed by atoms with van der Waals surface area (Å²) in [5, 5.41) is 0. The van der Waals surface area contributed by atoms with Gasteiger partial charge in [0, 0.05) is 13.1 Å². The number of carbonyl (C=O) groups is 1. The average Bonchev–Trinajstić information content (AvgIpc) is 2.80. The summed E-state index contributed by atoms with van der Waals surface area (Å²) in [6.07, 6.45) is 4.01. The van der Waals surface area contributed by atoms with E-state index in [1.807, 2.05) is 60.4 Å². The van der Waals surface area contributed by atoms with Crippen LogP contribution < -0.4 is 4.74 Å². The predicted molar refractivity (Wildman–Crippen MR) is 120 cm³/mol. The number of amides is 1. The molecule has 3 aromatic rings. The molecule has 1 aliphatic carbocycles. The lowest BCUT2D eigenvalue weighted by molar-refractivity contribution is -0.139. The molecule has 0 bridgehead atoms. The van der Waals surface area contributed by atoms with Crippen LogP contribution in [0.4, 0.5) is 0 Å². The van der Waals surface area contributed by atoms with Crippen molar-refractivity contribution in [2.45, 2.75) is 51.8 Å². The summed E-state index contributed by atoms with van der Waals surface area (Å²) in [7, 11) is 0. The second kappa shape index (κ2) is 9.62. The van der Waals surface area contributed by atoms with E-state index in [1.54, 1.807) is 0 Å². The van der Waals surface area contributed by atoms with Gasteiger partial charge in [-0.2, -0.15) is 0 Å². The molecule has 1 atom stereocenters. The van der Waals surface area contributed by atoms with Gasteiger partial charge in [-0.05, 0) is 60.9 Å². The molecule has 3 heteroatoms. The molecule has 3 nitrogen and oxygen atoms in total. The number of hydrogen-bond donors (Lipinski definition) is 0. The summed E-state index contributed by atoms with van der Waals surface area (Å²) in [6.45, 7) is 3.00. The van der Waals surface area contributed by atoms with Crippen LogP contribution in [0.5, 0.6) is 5.75 Å². The van der Waals surface area contributed by atoms with E-state index in [4.69, 9.17) is 4.74 Å². The van der Waals surface area contributed by atoms with E-state index >= 15 is 0 Å². The fourth-order valence-corrected chi connectivity index (χ4v) is 4.17. The van der Waals surface area contributed by atoms with Gasteiger partial charge in [-0.25, -0.2) is 0 Å². The van der Waals surface area contributed by atoms with E-state index in [0.29, 0.717) is 13.1 Å². The van der Waals surface area contributed by atoms with Crippen LogP contribution in [-0.4, -0.2) is 16.9 Å². The van der Waals surface area contributed by atoms with Crippen molar-refractivity contribution in [3.63, 3.8) is 0 Å². The van der Waals surface area contributed by atoms with Crippen LogP contribution in [0.2, 0.25) is 0 Å². The zero-order valence-electron chi connectivity index (χ0n) is 17.6. The summed E-state index contributed by atoms with van der Waals surface area (Å²) in [5.41, 5.74) is 4.88. The van der Waals surface area contributed by atoms with Gasteiger partial charge in [0.25, 0.3) is 5.91 Å². The Labute approximate surface area is 179 Å². The predicted octanol–water partition coefficient (Wildman–Crippen LogP) is 5.56. The molecule has 3 aromatic carbocycles. The van der Waals surface area contributed by atoms with Crippen molar-refractivity contribution in [3.8, 4) is 5.75 Å². The van der Waals surface area contributed by atoms with Crippen LogP contribution >= 0.6 is 0 Å². The molecular formula is C27H29NO2. The minimum atomic E-state index is -0.536. The maximum atomic E-state index is 13.4. The van der Waals surface area contributed by atoms with Gasteiger partial charge < -0.3 is 9.64 Å². The highest BCUT2D eigenvalue weighted by molar-refractivity contribution is 5.81. The van der Waals surface area contributed by atoms with Crippen molar-refractivity contribution in [2.24, 2.45) is 0 Å². The van der Waals surface area contributed by atoms with E-state index in [-0.39, 0.29) is 5.91 Å². The standard InChI is InChI=1S/C27H29NO2/c1-21(30-26-18-10-16-24-15-8-9-17-25(24)26)27(29)28(19-22-11-4-2-5-12-22)20-23-13-6-3-7-14-23/h2-7,10-14,16,18,21H,8-9,15,17,19-20H2,1H3. The smallest absolute Gasteiger partial charge is 0.263 e. The molecule has 0 aliphatic heterocycles. The Morgan fingerprint density at radius 2 is 1.43 bits per heavy atom. The topological polar surface area (TPSA) is 29.5 Å². The van der Waals surface area contributed by atoms with E-state index in [1.165, 1.54) is 24.0 Å². The third kappa shape index (κ3) is 4.91. The Kier molecular flexibility index (Phi) is 6.48. The molecule has 0 saturated carbocycles. The molecule has 0 saturated heterocycles. The number of hydrogen-bond acceptors (Lipinski definition) is 2.